The quantitative estimate of drug-likeness (QED) is 0.788. The standard InChI is InChI=1S/C15H24ClN3OS/c1-5-7-17-14-13(16)8-11(9-18-14)15(20)19(3)12(6-2)10-21-4/h8-9,12H,5-7,10H2,1-4H3,(H,17,18). The first kappa shape index (κ1) is 18.1. The maximum atomic E-state index is 12.5. The molecule has 0 aliphatic rings. The van der Waals surface area contributed by atoms with Crippen LogP contribution in [0, 0.1) is 0 Å². The third kappa shape index (κ3) is 5.08. The van der Waals surface area contributed by atoms with Crippen LogP contribution in [0.1, 0.15) is 37.0 Å². The van der Waals surface area contributed by atoms with E-state index in [1.807, 2.05) is 13.3 Å². The Morgan fingerprint density at radius 2 is 2.24 bits per heavy atom. The Labute approximate surface area is 136 Å². The van der Waals surface area contributed by atoms with Crippen LogP contribution in [0.3, 0.4) is 0 Å². The van der Waals surface area contributed by atoms with E-state index in [1.54, 1.807) is 28.9 Å². The van der Waals surface area contributed by atoms with Gasteiger partial charge >= 0.3 is 0 Å². The highest BCUT2D eigenvalue weighted by Gasteiger charge is 2.20. The van der Waals surface area contributed by atoms with Crippen molar-refractivity contribution in [2.24, 2.45) is 0 Å². The fraction of sp³-hybridized carbons (Fsp3) is 0.600. The molecule has 1 aromatic rings. The van der Waals surface area contributed by atoms with Gasteiger partial charge in [-0.25, -0.2) is 4.98 Å². The van der Waals surface area contributed by atoms with E-state index in [-0.39, 0.29) is 11.9 Å². The van der Waals surface area contributed by atoms with Crippen LogP contribution in [0.15, 0.2) is 12.3 Å². The van der Waals surface area contributed by atoms with Crippen molar-refractivity contribution < 1.29 is 4.79 Å². The van der Waals surface area contributed by atoms with E-state index in [4.69, 9.17) is 11.6 Å². The zero-order valence-corrected chi connectivity index (χ0v) is 14.7. The molecule has 0 bridgehead atoms. The lowest BCUT2D eigenvalue weighted by atomic mass is 10.2. The van der Waals surface area contributed by atoms with Crippen molar-refractivity contribution in [2.45, 2.75) is 32.7 Å². The minimum atomic E-state index is -0.0349. The third-order valence-corrected chi connectivity index (χ3v) is 4.34. The normalized spacial score (nSPS) is 12.0. The minimum absolute atomic E-state index is 0.0349. The molecule has 0 radical (unpaired) electrons. The number of hydrogen-bond donors (Lipinski definition) is 1. The Kier molecular flexibility index (Phi) is 7.89. The summed E-state index contributed by atoms with van der Waals surface area (Å²) in [5, 5.41) is 3.63. The number of pyridine rings is 1. The number of aromatic nitrogens is 1. The Morgan fingerprint density at radius 1 is 1.52 bits per heavy atom. The zero-order valence-electron chi connectivity index (χ0n) is 13.1. The molecule has 1 N–H and O–H groups in total. The molecule has 0 saturated carbocycles. The van der Waals surface area contributed by atoms with Crippen LogP contribution in [-0.2, 0) is 0 Å². The van der Waals surface area contributed by atoms with Gasteiger partial charge in [-0.1, -0.05) is 25.4 Å². The number of amides is 1. The van der Waals surface area contributed by atoms with Crippen LogP contribution in [0.2, 0.25) is 5.02 Å². The van der Waals surface area contributed by atoms with Gasteiger partial charge in [-0.05, 0) is 25.2 Å². The number of rotatable bonds is 8. The molecular formula is C15H24ClN3OS. The van der Waals surface area contributed by atoms with Crippen LogP contribution < -0.4 is 5.32 Å². The van der Waals surface area contributed by atoms with Crippen LogP contribution in [-0.4, -0.2) is 47.4 Å². The molecule has 0 fully saturated rings. The number of thioether (sulfide) groups is 1. The van der Waals surface area contributed by atoms with Crippen molar-refractivity contribution in [3.8, 4) is 0 Å². The summed E-state index contributed by atoms with van der Waals surface area (Å²) in [4.78, 5) is 18.5. The summed E-state index contributed by atoms with van der Waals surface area (Å²) in [6.07, 6.45) is 5.57. The van der Waals surface area contributed by atoms with E-state index in [2.05, 4.69) is 24.1 Å². The van der Waals surface area contributed by atoms with Gasteiger partial charge in [0, 0.05) is 31.6 Å². The summed E-state index contributed by atoms with van der Waals surface area (Å²) >= 11 is 7.93. The second-order valence-corrected chi connectivity index (χ2v) is 6.23. The summed E-state index contributed by atoms with van der Waals surface area (Å²) in [5.74, 6) is 1.52. The van der Waals surface area contributed by atoms with E-state index in [0.29, 0.717) is 16.4 Å². The Hall–Kier alpha value is -0.940. The van der Waals surface area contributed by atoms with Gasteiger partial charge in [0.2, 0.25) is 0 Å². The van der Waals surface area contributed by atoms with Gasteiger partial charge in [0.1, 0.15) is 5.82 Å². The summed E-state index contributed by atoms with van der Waals surface area (Å²) in [6.45, 7) is 4.98. The first-order valence-electron chi connectivity index (χ1n) is 7.20. The first-order valence-corrected chi connectivity index (χ1v) is 8.97. The Balaban J connectivity index is 2.84. The molecule has 0 spiro atoms. The van der Waals surface area contributed by atoms with Crippen molar-refractivity contribution in [1.82, 2.24) is 9.88 Å². The summed E-state index contributed by atoms with van der Waals surface area (Å²) in [6, 6.07) is 1.92. The first-order chi connectivity index (χ1) is 10.0. The molecule has 118 valence electrons. The molecule has 1 aromatic heterocycles. The number of nitrogens with zero attached hydrogens (tertiary/aromatic N) is 2. The molecule has 0 aliphatic carbocycles. The highest BCUT2D eigenvalue weighted by atomic mass is 35.5. The predicted molar refractivity (Wildman–Crippen MR) is 92.6 cm³/mol. The molecular weight excluding hydrogens is 306 g/mol. The molecule has 4 nitrogen and oxygen atoms in total. The summed E-state index contributed by atoms with van der Waals surface area (Å²) in [5.41, 5.74) is 0.532. The molecule has 1 atom stereocenters. The molecule has 0 aromatic carbocycles. The largest absolute Gasteiger partial charge is 0.369 e. The average molecular weight is 330 g/mol. The summed E-state index contributed by atoms with van der Waals surface area (Å²) in [7, 11) is 1.84. The molecule has 1 heterocycles. The topological polar surface area (TPSA) is 45.2 Å². The monoisotopic (exact) mass is 329 g/mol. The number of halogens is 1. The molecule has 1 rings (SSSR count). The van der Waals surface area contributed by atoms with Crippen LogP contribution in [0.25, 0.3) is 0 Å². The van der Waals surface area contributed by atoms with E-state index in [9.17, 15) is 4.79 Å². The van der Waals surface area contributed by atoms with E-state index in [1.165, 1.54) is 0 Å². The fourth-order valence-electron chi connectivity index (χ4n) is 1.99. The number of carbonyl (C=O) groups is 1. The second-order valence-electron chi connectivity index (χ2n) is 4.91. The molecule has 21 heavy (non-hydrogen) atoms. The Bertz CT molecular complexity index is 470. The van der Waals surface area contributed by atoms with Gasteiger partial charge in [0.15, 0.2) is 0 Å². The predicted octanol–water partition coefficient (Wildman–Crippen LogP) is 3.77. The maximum absolute atomic E-state index is 12.5. The van der Waals surface area contributed by atoms with Gasteiger partial charge in [0.25, 0.3) is 5.91 Å². The van der Waals surface area contributed by atoms with E-state index in [0.717, 1.165) is 25.1 Å². The minimum Gasteiger partial charge on any atom is -0.369 e. The Morgan fingerprint density at radius 3 is 2.76 bits per heavy atom. The number of hydrogen-bond acceptors (Lipinski definition) is 4. The van der Waals surface area contributed by atoms with Crippen LogP contribution >= 0.6 is 23.4 Å². The lowest BCUT2D eigenvalue weighted by molar-refractivity contribution is 0.0743. The lowest BCUT2D eigenvalue weighted by Crippen LogP contribution is -2.38. The zero-order chi connectivity index (χ0) is 15.8. The summed E-state index contributed by atoms with van der Waals surface area (Å²) < 4.78 is 0. The average Bonchev–Trinajstić information content (AvgIpc) is 2.50. The van der Waals surface area contributed by atoms with Crippen LogP contribution in [0.4, 0.5) is 5.82 Å². The number of carbonyl (C=O) groups excluding carboxylic acids is 1. The molecule has 0 saturated heterocycles. The highest BCUT2D eigenvalue weighted by molar-refractivity contribution is 7.98. The smallest absolute Gasteiger partial charge is 0.255 e. The van der Waals surface area contributed by atoms with Gasteiger partial charge < -0.3 is 10.2 Å². The van der Waals surface area contributed by atoms with Crippen molar-refractivity contribution >= 4 is 35.1 Å². The van der Waals surface area contributed by atoms with Gasteiger partial charge in [-0.15, -0.1) is 0 Å². The molecule has 6 heteroatoms. The molecule has 1 amide bonds. The third-order valence-electron chi connectivity index (χ3n) is 3.33. The molecule has 0 aliphatic heterocycles. The SMILES string of the molecule is CCCNc1ncc(C(=O)N(C)C(CC)CSC)cc1Cl. The maximum Gasteiger partial charge on any atom is 0.255 e. The van der Waals surface area contributed by atoms with Crippen molar-refractivity contribution in [2.75, 3.05) is 30.9 Å². The lowest BCUT2D eigenvalue weighted by Gasteiger charge is -2.26. The number of nitrogens with one attached hydrogen (secondary N) is 1. The highest BCUT2D eigenvalue weighted by Crippen LogP contribution is 2.21. The van der Waals surface area contributed by atoms with Gasteiger partial charge in [-0.2, -0.15) is 11.8 Å². The molecule has 1 unspecified atom stereocenters. The number of anilines is 1. The van der Waals surface area contributed by atoms with Crippen LogP contribution in [0.5, 0.6) is 0 Å². The van der Waals surface area contributed by atoms with Gasteiger partial charge in [-0.3, -0.25) is 4.79 Å². The van der Waals surface area contributed by atoms with Gasteiger partial charge in [0.05, 0.1) is 10.6 Å². The van der Waals surface area contributed by atoms with Crippen molar-refractivity contribution in [3.63, 3.8) is 0 Å². The van der Waals surface area contributed by atoms with E-state index >= 15 is 0 Å². The fourth-order valence-corrected chi connectivity index (χ4v) is 3.07. The van der Waals surface area contributed by atoms with Crippen molar-refractivity contribution in [1.29, 1.82) is 0 Å². The van der Waals surface area contributed by atoms with E-state index < -0.39 is 0 Å². The van der Waals surface area contributed by atoms with Crippen molar-refractivity contribution in [3.05, 3.63) is 22.8 Å². The second kappa shape index (κ2) is 9.15.